The zero-order chi connectivity index (χ0) is 21.3. The lowest BCUT2D eigenvalue weighted by Gasteiger charge is -2.34. The molecule has 1 aromatic heterocycles. The van der Waals surface area contributed by atoms with Crippen LogP contribution in [0.3, 0.4) is 0 Å². The Labute approximate surface area is 172 Å². The number of anilines is 1. The fourth-order valence-corrected chi connectivity index (χ4v) is 4.74. The first-order valence-corrected chi connectivity index (χ1v) is 10.1. The number of nitrogens with zero attached hydrogens (tertiary/aromatic N) is 3. The highest BCUT2D eigenvalue weighted by molar-refractivity contribution is 5.99. The Morgan fingerprint density at radius 3 is 2.83 bits per heavy atom. The number of alkyl halides is 3. The van der Waals surface area contributed by atoms with E-state index in [2.05, 4.69) is 24.3 Å². The van der Waals surface area contributed by atoms with Gasteiger partial charge in [-0.15, -0.1) is 0 Å². The maximum atomic E-state index is 13.3. The summed E-state index contributed by atoms with van der Waals surface area (Å²) in [6.07, 6.45) is 0.792. The maximum absolute atomic E-state index is 13.3. The van der Waals surface area contributed by atoms with Gasteiger partial charge in [-0.1, -0.05) is 29.8 Å². The molecule has 1 atom stereocenters. The molecule has 5 rings (SSSR count). The Kier molecular flexibility index (Phi) is 3.92. The Hall–Kier alpha value is -2.77. The molecule has 1 amide bonds. The third kappa shape index (κ3) is 2.84. The van der Waals surface area contributed by atoms with Crippen LogP contribution in [-0.2, 0) is 17.1 Å². The van der Waals surface area contributed by atoms with Crippen LogP contribution in [0.1, 0.15) is 48.2 Å². The van der Waals surface area contributed by atoms with Gasteiger partial charge >= 0.3 is 6.18 Å². The van der Waals surface area contributed by atoms with E-state index in [9.17, 15) is 18.0 Å². The molecule has 0 spiro atoms. The summed E-state index contributed by atoms with van der Waals surface area (Å²) in [6, 6.07) is 5.49. The van der Waals surface area contributed by atoms with Crippen molar-refractivity contribution < 1.29 is 18.0 Å². The van der Waals surface area contributed by atoms with Gasteiger partial charge in [0.25, 0.3) is 5.91 Å². The lowest BCUT2D eigenvalue weighted by atomic mass is 9.90. The van der Waals surface area contributed by atoms with Crippen molar-refractivity contribution in [1.82, 2.24) is 14.7 Å². The number of carbonyl (C=O) groups is 1. The molecule has 1 fully saturated rings. The highest BCUT2D eigenvalue weighted by Gasteiger charge is 2.54. The van der Waals surface area contributed by atoms with E-state index < -0.39 is 17.2 Å². The number of fused-ring (bicyclic) bond motifs is 2. The molecule has 2 aliphatic heterocycles. The molecule has 0 radical (unpaired) electrons. The predicted molar refractivity (Wildman–Crippen MR) is 106 cm³/mol. The van der Waals surface area contributed by atoms with Gasteiger partial charge in [-0.3, -0.25) is 4.79 Å². The molecule has 3 heterocycles. The van der Waals surface area contributed by atoms with Crippen molar-refractivity contribution >= 4 is 11.7 Å². The van der Waals surface area contributed by atoms with Gasteiger partial charge in [-0.05, 0) is 38.3 Å². The molecule has 1 aliphatic carbocycles. The van der Waals surface area contributed by atoms with Gasteiger partial charge in [0.1, 0.15) is 11.4 Å². The topological polar surface area (TPSA) is 50.2 Å². The Morgan fingerprint density at radius 1 is 1.27 bits per heavy atom. The maximum Gasteiger partial charge on any atom is 0.416 e. The average molecular weight is 416 g/mol. The number of benzene rings is 1. The SMILES string of the molecule is CC1(C)CCNc2c(C(=O)N3CC=C4CC4(c4cccc(C(F)(F)F)c4)C3)cnn21. The van der Waals surface area contributed by atoms with Crippen LogP contribution < -0.4 is 5.32 Å². The standard InChI is InChI=1S/C22H23F3N4O/c1-20(2)7-8-26-18-17(12-27-29(18)20)19(30)28-9-6-16-11-21(16,13-28)14-4-3-5-15(10-14)22(23,24)25/h3-6,10,12,26H,7-9,11,13H2,1-2H3. The van der Waals surface area contributed by atoms with Gasteiger partial charge in [0.15, 0.2) is 0 Å². The lowest BCUT2D eigenvalue weighted by molar-refractivity contribution is -0.137. The van der Waals surface area contributed by atoms with Crippen LogP contribution in [0.15, 0.2) is 42.1 Å². The average Bonchev–Trinajstić information content (AvgIpc) is 3.28. The molecule has 3 aliphatic rings. The number of hydrogen-bond acceptors (Lipinski definition) is 3. The van der Waals surface area contributed by atoms with E-state index in [1.807, 2.05) is 10.8 Å². The van der Waals surface area contributed by atoms with Crippen LogP contribution in [0, 0.1) is 0 Å². The summed E-state index contributed by atoms with van der Waals surface area (Å²) >= 11 is 0. The Bertz CT molecular complexity index is 1070. The second-order valence-electron chi connectivity index (χ2n) is 9.06. The molecule has 158 valence electrons. The van der Waals surface area contributed by atoms with Gasteiger partial charge in [0, 0.05) is 25.0 Å². The smallest absolute Gasteiger partial charge is 0.370 e. The molecule has 8 heteroatoms. The lowest BCUT2D eigenvalue weighted by Crippen LogP contribution is -2.41. The zero-order valence-electron chi connectivity index (χ0n) is 16.9. The number of halogens is 3. The summed E-state index contributed by atoms with van der Waals surface area (Å²) in [5.41, 5.74) is 0.916. The summed E-state index contributed by atoms with van der Waals surface area (Å²) in [7, 11) is 0. The van der Waals surface area contributed by atoms with E-state index in [-0.39, 0.29) is 11.4 Å². The summed E-state index contributed by atoms with van der Waals surface area (Å²) in [4.78, 5) is 15.1. The summed E-state index contributed by atoms with van der Waals surface area (Å²) in [6.45, 7) is 5.77. The first-order chi connectivity index (χ1) is 14.1. The molecular weight excluding hydrogens is 393 g/mol. The molecule has 1 saturated carbocycles. The number of rotatable bonds is 2. The summed E-state index contributed by atoms with van der Waals surface area (Å²) in [5, 5.41) is 7.72. The highest BCUT2D eigenvalue weighted by atomic mass is 19.4. The van der Waals surface area contributed by atoms with Crippen molar-refractivity contribution in [1.29, 1.82) is 0 Å². The highest BCUT2D eigenvalue weighted by Crippen LogP contribution is 2.56. The molecule has 0 bridgehead atoms. The van der Waals surface area contributed by atoms with Crippen molar-refractivity contribution in [3.05, 3.63) is 58.8 Å². The van der Waals surface area contributed by atoms with Crippen molar-refractivity contribution in [2.75, 3.05) is 25.0 Å². The third-order valence-electron chi connectivity index (χ3n) is 6.63. The quantitative estimate of drug-likeness (QED) is 0.748. The van der Waals surface area contributed by atoms with Crippen LogP contribution in [0.25, 0.3) is 0 Å². The molecule has 30 heavy (non-hydrogen) atoms. The van der Waals surface area contributed by atoms with Crippen molar-refractivity contribution in [2.24, 2.45) is 0 Å². The second kappa shape index (κ2) is 6.12. The largest absolute Gasteiger partial charge is 0.416 e. The van der Waals surface area contributed by atoms with Crippen molar-refractivity contribution in [2.45, 2.75) is 43.8 Å². The van der Waals surface area contributed by atoms with E-state index in [0.29, 0.717) is 30.6 Å². The van der Waals surface area contributed by atoms with Crippen LogP contribution in [-0.4, -0.2) is 40.2 Å². The van der Waals surface area contributed by atoms with Gasteiger partial charge in [-0.2, -0.15) is 18.3 Å². The third-order valence-corrected chi connectivity index (χ3v) is 6.63. The van der Waals surface area contributed by atoms with E-state index in [0.717, 1.165) is 30.4 Å². The summed E-state index contributed by atoms with van der Waals surface area (Å²) < 4.78 is 41.4. The van der Waals surface area contributed by atoms with E-state index in [4.69, 9.17) is 0 Å². The molecule has 5 nitrogen and oxygen atoms in total. The number of carbonyl (C=O) groups excluding carboxylic acids is 1. The predicted octanol–water partition coefficient (Wildman–Crippen LogP) is 4.18. The van der Waals surface area contributed by atoms with Crippen molar-refractivity contribution in [3.8, 4) is 0 Å². The monoisotopic (exact) mass is 416 g/mol. The van der Waals surface area contributed by atoms with Crippen LogP contribution in [0.5, 0.6) is 0 Å². The van der Waals surface area contributed by atoms with Gasteiger partial charge in [0.2, 0.25) is 0 Å². The molecule has 0 saturated heterocycles. The number of amides is 1. The Balaban J connectivity index is 1.44. The molecule has 1 aromatic carbocycles. The van der Waals surface area contributed by atoms with Crippen LogP contribution in [0.2, 0.25) is 0 Å². The van der Waals surface area contributed by atoms with Gasteiger partial charge in [-0.25, -0.2) is 4.68 Å². The van der Waals surface area contributed by atoms with Gasteiger partial charge < -0.3 is 10.2 Å². The van der Waals surface area contributed by atoms with Crippen molar-refractivity contribution in [3.63, 3.8) is 0 Å². The van der Waals surface area contributed by atoms with E-state index in [1.54, 1.807) is 17.2 Å². The number of aromatic nitrogens is 2. The first-order valence-electron chi connectivity index (χ1n) is 10.1. The molecule has 1 N–H and O–H groups in total. The van der Waals surface area contributed by atoms with Crippen LogP contribution in [0.4, 0.5) is 19.0 Å². The summed E-state index contributed by atoms with van der Waals surface area (Å²) in [5.74, 6) is 0.574. The van der Waals surface area contributed by atoms with E-state index in [1.165, 1.54) is 12.1 Å². The molecule has 2 aromatic rings. The minimum absolute atomic E-state index is 0.144. The van der Waals surface area contributed by atoms with E-state index >= 15 is 0 Å². The fraction of sp³-hybridized carbons (Fsp3) is 0.455. The zero-order valence-corrected chi connectivity index (χ0v) is 16.9. The second-order valence-corrected chi connectivity index (χ2v) is 9.06. The van der Waals surface area contributed by atoms with Gasteiger partial charge in [0.05, 0.1) is 17.3 Å². The first kappa shape index (κ1) is 19.2. The normalized spacial score (nSPS) is 24.4. The Morgan fingerprint density at radius 2 is 2.07 bits per heavy atom. The minimum atomic E-state index is -4.38. The number of nitrogens with one attached hydrogen (secondary N) is 1. The number of hydrogen-bond donors (Lipinski definition) is 1. The van der Waals surface area contributed by atoms with Crippen LogP contribution >= 0.6 is 0 Å². The minimum Gasteiger partial charge on any atom is -0.370 e. The molecule has 1 unspecified atom stereocenters. The molecular formula is C22H23F3N4O. The fourth-order valence-electron chi connectivity index (χ4n) is 4.74.